The van der Waals surface area contributed by atoms with Gasteiger partial charge in [-0.3, -0.25) is 0 Å². The zero-order valence-electron chi connectivity index (χ0n) is 11.6. The molecule has 0 aliphatic rings. The molecule has 0 bridgehead atoms. The molecule has 1 rings (SSSR count). The molecule has 1 aromatic heterocycles. The van der Waals surface area contributed by atoms with Crippen LogP contribution in [0.25, 0.3) is 0 Å². The van der Waals surface area contributed by atoms with Crippen molar-refractivity contribution in [2.24, 2.45) is 0 Å². The molecule has 0 aromatic carbocycles. The maximum Gasteiger partial charge on any atom is 0.158 e. The van der Waals surface area contributed by atoms with Gasteiger partial charge in [0.25, 0.3) is 0 Å². The van der Waals surface area contributed by atoms with Crippen molar-refractivity contribution in [1.29, 1.82) is 0 Å². The van der Waals surface area contributed by atoms with Gasteiger partial charge in [-0.15, -0.1) is 11.3 Å². The van der Waals surface area contributed by atoms with E-state index in [1.54, 1.807) is 0 Å². The van der Waals surface area contributed by atoms with E-state index < -0.39 is 0 Å². The molecule has 0 spiro atoms. The number of thiophene rings is 1. The van der Waals surface area contributed by atoms with Crippen molar-refractivity contribution in [3.63, 3.8) is 0 Å². The summed E-state index contributed by atoms with van der Waals surface area (Å²) in [6.07, 6.45) is 1.92. The summed E-state index contributed by atoms with van der Waals surface area (Å²) >= 11 is 1.81. The normalized spacial score (nSPS) is 13.1. The average Bonchev–Trinajstić information content (AvgIpc) is 2.89. The van der Waals surface area contributed by atoms with Gasteiger partial charge < -0.3 is 14.8 Å². The smallest absolute Gasteiger partial charge is 0.158 e. The molecule has 0 amide bonds. The standard InChI is InChI=1S/C14H25NO2S/c1-4-12(13-8-7-11-18-13)15-10-9-14(16-5-2)17-6-3/h7-8,11-12,14-15H,4-6,9-10H2,1-3H3. The molecule has 0 radical (unpaired) electrons. The van der Waals surface area contributed by atoms with Gasteiger partial charge in [0, 0.05) is 37.1 Å². The van der Waals surface area contributed by atoms with Gasteiger partial charge in [0.1, 0.15) is 0 Å². The molecule has 0 saturated heterocycles. The number of rotatable bonds is 10. The van der Waals surface area contributed by atoms with E-state index in [1.807, 2.05) is 25.2 Å². The van der Waals surface area contributed by atoms with Crippen LogP contribution in [0.15, 0.2) is 17.5 Å². The van der Waals surface area contributed by atoms with Gasteiger partial charge in [-0.1, -0.05) is 13.0 Å². The first-order valence-corrected chi connectivity index (χ1v) is 7.69. The molecule has 3 nitrogen and oxygen atoms in total. The second kappa shape index (κ2) is 9.50. The lowest BCUT2D eigenvalue weighted by molar-refractivity contribution is -0.138. The quantitative estimate of drug-likeness (QED) is 0.660. The number of hydrogen-bond donors (Lipinski definition) is 1. The Kier molecular flexibility index (Phi) is 8.25. The largest absolute Gasteiger partial charge is 0.353 e. The van der Waals surface area contributed by atoms with Crippen molar-refractivity contribution in [3.05, 3.63) is 22.4 Å². The van der Waals surface area contributed by atoms with Crippen LogP contribution in [0, 0.1) is 0 Å². The Hall–Kier alpha value is -0.420. The molecular weight excluding hydrogens is 246 g/mol. The summed E-state index contributed by atoms with van der Waals surface area (Å²) in [6, 6.07) is 4.75. The van der Waals surface area contributed by atoms with E-state index in [4.69, 9.17) is 9.47 Å². The third-order valence-corrected chi connectivity index (χ3v) is 3.76. The van der Waals surface area contributed by atoms with Crippen LogP contribution in [0.5, 0.6) is 0 Å². The second-order valence-corrected chi connectivity index (χ2v) is 5.04. The highest BCUT2D eigenvalue weighted by Crippen LogP contribution is 2.21. The van der Waals surface area contributed by atoms with Crippen molar-refractivity contribution < 1.29 is 9.47 Å². The third kappa shape index (κ3) is 5.48. The predicted octanol–water partition coefficient (Wildman–Crippen LogP) is 3.58. The lowest BCUT2D eigenvalue weighted by Crippen LogP contribution is -2.27. The van der Waals surface area contributed by atoms with Crippen LogP contribution in [-0.2, 0) is 9.47 Å². The van der Waals surface area contributed by atoms with E-state index in [0.29, 0.717) is 19.3 Å². The zero-order chi connectivity index (χ0) is 13.2. The summed E-state index contributed by atoms with van der Waals surface area (Å²) in [5, 5.41) is 5.70. The second-order valence-electron chi connectivity index (χ2n) is 4.06. The van der Waals surface area contributed by atoms with E-state index in [-0.39, 0.29) is 6.29 Å². The van der Waals surface area contributed by atoms with Crippen molar-refractivity contribution in [3.8, 4) is 0 Å². The molecule has 1 heterocycles. The van der Waals surface area contributed by atoms with Crippen molar-refractivity contribution in [1.82, 2.24) is 5.32 Å². The van der Waals surface area contributed by atoms with Crippen LogP contribution in [-0.4, -0.2) is 26.0 Å². The SMILES string of the molecule is CCOC(CCNC(CC)c1cccs1)OCC. The highest BCUT2D eigenvalue weighted by Gasteiger charge is 2.12. The molecule has 4 heteroatoms. The first-order valence-electron chi connectivity index (χ1n) is 6.81. The molecule has 1 aromatic rings. The third-order valence-electron chi connectivity index (χ3n) is 2.77. The molecule has 18 heavy (non-hydrogen) atoms. The van der Waals surface area contributed by atoms with Crippen LogP contribution < -0.4 is 5.32 Å². The number of hydrogen-bond acceptors (Lipinski definition) is 4. The summed E-state index contributed by atoms with van der Waals surface area (Å²) in [6.45, 7) is 8.53. The van der Waals surface area contributed by atoms with Crippen LogP contribution in [0.1, 0.15) is 44.5 Å². The van der Waals surface area contributed by atoms with E-state index in [2.05, 4.69) is 29.8 Å². The molecule has 0 saturated carbocycles. The number of nitrogens with one attached hydrogen (secondary N) is 1. The summed E-state index contributed by atoms with van der Waals surface area (Å²) in [7, 11) is 0. The lowest BCUT2D eigenvalue weighted by Gasteiger charge is -2.20. The summed E-state index contributed by atoms with van der Waals surface area (Å²) < 4.78 is 11.1. The monoisotopic (exact) mass is 271 g/mol. The fourth-order valence-electron chi connectivity index (χ4n) is 1.90. The molecule has 0 fully saturated rings. The van der Waals surface area contributed by atoms with Gasteiger partial charge in [-0.25, -0.2) is 0 Å². The molecule has 104 valence electrons. The van der Waals surface area contributed by atoms with Crippen LogP contribution in [0.4, 0.5) is 0 Å². The fraction of sp³-hybridized carbons (Fsp3) is 0.714. The molecule has 1 N–H and O–H groups in total. The highest BCUT2D eigenvalue weighted by atomic mass is 32.1. The van der Waals surface area contributed by atoms with Gasteiger partial charge >= 0.3 is 0 Å². The Morgan fingerprint density at radius 1 is 1.22 bits per heavy atom. The van der Waals surface area contributed by atoms with Gasteiger partial charge in [0.05, 0.1) is 0 Å². The van der Waals surface area contributed by atoms with Crippen molar-refractivity contribution in [2.45, 2.75) is 45.9 Å². The first-order chi connectivity index (χ1) is 8.81. The Morgan fingerprint density at radius 3 is 2.44 bits per heavy atom. The minimum atomic E-state index is -0.0756. The van der Waals surface area contributed by atoms with E-state index >= 15 is 0 Å². The predicted molar refractivity (Wildman–Crippen MR) is 77.0 cm³/mol. The Labute approximate surface area is 114 Å². The van der Waals surface area contributed by atoms with Gasteiger partial charge in [-0.2, -0.15) is 0 Å². The maximum absolute atomic E-state index is 5.53. The van der Waals surface area contributed by atoms with Crippen LogP contribution in [0.3, 0.4) is 0 Å². The van der Waals surface area contributed by atoms with Crippen LogP contribution in [0.2, 0.25) is 0 Å². The average molecular weight is 271 g/mol. The topological polar surface area (TPSA) is 30.5 Å². The van der Waals surface area contributed by atoms with E-state index in [9.17, 15) is 0 Å². The van der Waals surface area contributed by atoms with Crippen molar-refractivity contribution >= 4 is 11.3 Å². The molecule has 1 atom stereocenters. The van der Waals surface area contributed by atoms with Gasteiger partial charge in [-0.05, 0) is 31.7 Å². The summed E-state index contributed by atoms with van der Waals surface area (Å²) in [5.74, 6) is 0. The minimum Gasteiger partial charge on any atom is -0.353 e. The highest BCUT2D eigenvalue weighted by molar-refractivity contribution is 7.10. The van der Waals surface area contributed by atoms with E-state index in [0.717, 1.165) is 19.4 Å². The van der Waals surface area contributed by atoms with E-state index in [1.165, 1.54) is 4.88 Å². The van der Waals surface area contributed by atoms with Gasteiger partial charge in [0.15, 0.2) is 6.29 Å². The summed E-state index contributed by atoms with van der Waals surface area (Å²) in [4.78, 5) is 1.40. The molecule has 1 unspecified atom stereocenters. The molecule has 0 aliphatic carbocycles. The Morgan fingerprint density at radius 2 is 1.94 bits per heavy atom. The van der Waals surface area contributed by atoms with Gasteiger partial charge in [0.2, 0.25) is 0 Å². The Bertz CT molecular complexity index is 284. The fourth-order valence-corrected chi connectivity index (χ4v) is 2.78. The Balaban J connectivity index is 2.29. The maximum atomic E-state index is 5.53. The molecule has 0 aliphatic heterocycles. The zero-order valence-corrected chi connectivity index (χ0v) is 12.5. The van der Waals surface area contributed by atoms with Crippen LogP contribution >= 0.6 is 11.3 Å². The minimum absolute atomic E-state index is 0.0756. The lowest BCUT2D eigenvalue weighted by atomic mass is 10.2. The van der Waals surface area contributed by atoms with Crippen molar-refractivity contribution in [2.75, 3.05) is 19.8 Å². The summed E-state index contributed by atoms with van der Waals surface area (Å²) in [5.41, 5.74) is 0. The number of ether oxygens (including phenoxy) is 2. The first kappa shape index (κ1) is 15.6. The molecular formula is C14H25NO2S.